The highest BCUT2D eigenvalue weighted by molar-refractivity contribution is 5.72. The summed E-state index contributed by atoms with van der Waals surface area (Å²) in [6.07, 6.45) is 0.351. The molecule has 0 amide bonds. The summed E-state index contributed by atoms with van der Waals surface area (Å²) in [7, 11) is 2.70. The fourth-order valence-electron chi connectivity index (χ4n) is 1.55. The minimum Gasteiger partial charge on any atom is -0.494 e. The number of methoxy groups -OCH3 is 2. The number of carbonyl (C=O) groups excluding carboxylic acids is 1. The number of halogens is 1. The lowest BCUT2D eigenvalue weighted by Gasteiger charge is -2.12. The minimum absolute atomic E-state index is 0.167. The van der Waals surface area contributed by atoms with Crippen LogP contribution in [0.2, 0.25) is 0 Å². The van der Waals surface area contributed by atoms with Crippen LogP contribution >= 0.6 is 0 Å². The van der Waals surface area contributed by atoms with Crippen molar-refractivity contribution in [3.63, 3.8) is 0 Å². The summed E-state index contributed by atoms with van der Waals surface area (Å²) in [4.78, 5) is 11.3. The summed E-state index contributed by atoms with van der Waals surface area (Å²) < 4.78 is 22.8. The molecule has 1 atom stereocenters. The molecule has 4 nitrogen and oxygen atoms in total. The molecule has 17 heavy (non-hydrogen) atoms. The third-order valence-corrected chi connectivity index (χ3v) is 2.52. The van der Waals surface area contributed by atoms with Gasteiger partial charge in [0.15, 0.2) is 11.6 Å². The molecule has 0 aliphatic rings. The number of esters is 1. The molecule has 2 N–H and O–H groups in total. The minimum atomic E-state index is -0.453. The van der Waals surface area contributed by atoms with Crippen molar-refractivity contribution in [1.29, 1.82) is 0 Å². The Morgan fingerprint density at radius 2 is 2.18 bits per heavy atom. The molecule has 0 radical (unpaired) electrons. The quantitative estimate of drug-likeness (QED) is 0.785. The van der Waals surface area contributed by atoms with Crippen molar-refractivity contribution in [2.45, 2.75) is 6.42 Å². The van der Waals surface area contributed by atoms with Gasteiger partial charge >= 0.3 is 5.97 Å². The second kappa shape index (κ2) is 6.20. The number of carbonyl (C=O) groups is 1. The first-order chi connectivity index (χ1) is 8.12. The van der Waals surface area contributed by atoms with Crippen molar-refractivity contribution < 1.29 is 18.7 Å². The van der Waals surface area contributed by atoms with E-state index in [-0.39, 0.29) is 18.3 Å². The van der Waals surface area contributed by atoms with E-state index in [2.05, 4.69) is 4.74 Å². The fourth-order valence-corrected chi connectivity index (χ4v) is 1.55. The third-order valence-electron chi connectivity index (χ3n) is 2.52. The van der Waals surface area contributed by atoms with E-state index in [4.69, 9.17) is 10.5 Å². The Morgan fingerprint density at radius 1 is 1.47 bits per heavy atom. The largest absolute Gasteiger partial charge is 0.494 e. The highest BCUT2D eigenvalue weighted by Crippen LogP contribution is 2.19. The highest BCUT2D eigenvalue weighted by atomic mass is 19.1. The molecule has 5 heteroatoms. The summed E-state index contributed by atoms with van der Waals surface area (Å²) in [6.45, 7) is 0.167. The Morgan fingerprint density at radius 3 is 2.65 bits per heavy atom. The van der Waals surface area contributed by atoms with Crippen LogP contribution < -0.4 is 10.5 Å². The zero-order chi connectivity index (χ0) is 12.8. The molecule has 0 spiro atoms. The van der Waals surface area contributed by atoms with E-state index in [0.717, 1.165) is 0 Å². The summed E-state index contributed by atoms with van der Waals surface area (Å²) in [6, 6.07) is 4.56. The van der Waals surface area contributed by atoms with Crippen LogP contribution in [-0.2, 0) is 16.0 Å². The van der Waals surface area contributed by atoms with Crippen LogP contribution in [0.25, 0.3) is 0 Å². The molecule has 0 saturated heterocycles. The molecule has 1 unspecified atom stereocenters. The lowest BCUT2D eigenvalue weighted by atomic mass is 9.99. The van der Waals surface area contributed by atoms with Crippen molar-refractivity contribution in [3.8, 4) is 5.75 Å². The first kappa shape index (κ1) is 13.4. The van der Waals surface area contributed by atoms with E-state index in [1.807, 2.05) is 0 Å². The molecule has 0 aliphatic heterocycles. The topological polar surface area (TPSA) is 61.5 Å². The Kier molecular flexibility index (Phi) is 4.90. The Bertz CT molecular complexity index is 395. The van der Waals surface area contributed by atoms with E-state index in [1.54, 1.807) is 6.07 Å². The lowest BCUT2D eigenvalue weighted by Crippen LogP contribution is -2.26. The van der Waals surface area contributed by atoms with Gasteiger partial charge in [0.1, 0.15) is 0 Å². The molecule has 0 saturated carbocycles. The third kappa shape index (κ3) is 3.42. The summed E-state index contributed by atoms with van der Waals surface area (Å²) in [5.74, 6) is -1.11. The second-order valence-corrected chi connectivity index (χ2v) is 3.63. The SMILES string of the molecule is COC(=O)C(CN)Cc1ccc(OC)c(F)c1. The van der Waals surface area contributed by atoms with E-state index in [9.17, 15) is 9.18 Å². The van der Waals surface area contributed by atoms with Crippen LogP contribution in [0, 0.1) is 11.7 Å². The Hall–Kier alpha value is -1.62. The molecule has 1 rings (SSSR count). The summed E-state index contributed by atoms with van der Waals surface area (Å²) >= 11 is 0. The van der Waals surface area contributed by atoms with Gasteiger partial charge in [0, 0.05) is 6.54 Å². The van der Waals surface area contributed by atoms with Crippen LogP contribution in [0.1, 0.15) is 5.56 Å². The molecule has 1 aromatic carbocycles. The second-order valence-electron chi connectivity index (χ2n) is 3.63. The van der Waals surface area contributed by atoms with Gasteiger partial charge in [-0.15, -0.1) is 0 Å². The van der Waals surface area contributed by atoms with Gasteiger partial charge in [0.2, 0.25) is 0 Å². The summed E-state index contributed by atoms with van der Waals surface area (Å²) in [5.41, 5.74) is 6.16. The smallest absolute Gasteiger partial charge is 0.310 e. The number of ether oxygens (including phenoxy) is 2. The number of nitrogens with two attached hydrogens (primary N) is 1. The molecular weight excluding hydrogens is 225 g/mol. The average Bonchev–Trinajstić information content (AvgIpc) is 2.35. The van der Waals surface area contributed by atoms with Crippen molar-refractivity contribution in [2.75, 3.05) is 20.8 Å². The average molecular weight is 241 g/mol. The van der Waals surface area contributed by atoms with Crippen molar-refractivity contribution in [3.05, 3.63) is 29.6 Å². The monoisotopic (exact) mass is 241 g/mol. The lowest BCUT2D eigenvalue weighted by molar-refractivity contribution is -0.145. The van der Waals surface area contributed by atoms with E-state index in [0.29, 0.717) is 12.0 Å². The summed E-state index contributed by atoms with van der Waals surface area (Å²) in [5, 5.41) is 0. The van der Waals surface area contributed by atoms with Crippen molar-refractivity contribution in [2.24, 2.45) is 11.7 Å². The molecule has 0 aromatic heterocycles. The van der Waals surface area contributed by atoms with Gasteiger partial charge in [-0.05, 0) is 24.1 Å². The maximum absolute atomic E-state index is 13.4. The van der Waals surface area contributed by atoms with Gasteiger partial charge in [-0.2, -0.15) is 0 Å². The molecule has 94 valence electrons. The van der Waals surface area contributed by atoms with Crippen LogP contribution in [-0.4, -0.2) is 26.7 Å². The van der Waals surface area contributed by atoms with Gasteiger partial charge in [-0.1, -0.05) is 6.07 Å². The molecule has 0 heterocycles. The van der Waals surface area contributed by atoms with E-state index < -0.39 is 11.7 Å². The van der Waals surface area contributed by atoms with Crippen LogP contribution in [0.5, 0.6) is 5.75 Å². The normalized spacial score (nSPS) is 12.0. The molecule has 0 fully saturated rings. The van der Waals surface area contributed by atoms with Gasteiger partial charge in [-0.25, -0.2) is 4.39 Å². The van der Waals surface area contributed by atoms with Gasteiger partial charge in [0.05, 0.1) is 20.1 Å². The van der Waals surface area contributed by atoms with E-state index in [1.165, 1.54) is 26.4 Å². The van der Waals surface area contributed by atoms with Crippen LogP contribution in [0.15, 0.2) is 18.2 Å². The zero-order valence-electron chi connectivity index (χ0n) is 9.90. The van der Waals surface area contributed by atoms with Crippen LogP contribution in [0.4, 0.5) is 4.39 Å². The Balaban J connectivity index is 2.80. The molecule has 0 bridgehead atoms. The first-order valence-electron chi connectivity index (χ1n) is 5.22. The number of rotatable bonds is 5. The first-order valence-corrected chi connectivity index (χ1v) is 5.22. The number of benzene rings is 1. The highest BCUT2D eigenvalue weighted by Gasteiger charge is 2.18. The molecule has 0 aliphatic carbocycles. The molecule has 1 aromatic rings. The predicted molar refractivity (Wildman–Crippen MR) is 61.2 cm³/mol. The van der Waals surface area contributed by atoms with Crippen molar-refractivity contribution in [1.82, 2.24) is 0 Å². The zero-order valence-corrected chi connectivity index (χ0v) is 9.90. The maximum atomic E-state index is 13.4. The standard InChI is InChI=1S/C12H16FNO3/c1-16-11-4-3-8(6-10(11)13)5-9(7-14)12(15)17-2/h3-4,6,9H,5,7,14H2,1-2H3. The predicted octanol–water partition coefficient (Wildman–Crippen LogP) is 1.12. The van der Waals surface area contributed by atoms with Gasteiger partial charge < -0.3 is 15.2 Å². The van der Waals surface area contributed by atoms with Crippen molar-refractivity contribution >= 4 is 5.97 Å². The molecular formula is C12H16FNO3. The fraction of sp³-hybridized carbons (Fsp3) is 0.417. The van der Waals surface area contributed by atoms with Gasteiger partial charge in [0.25, 0.3) is 0 Å². The van der Waals surface area contributed by atoms with E-state index >= 15 is 0 Å². The number of hydrogen-bond donors (Lipinski definition) is 1. The maximum Gasteiger partial charge on any atom is 0.310 e. The Labute approximate surface area is 99.5 Å². The number of hydrogen-bond acceptors (Lipinski definition) is 4. The van der Waals surface area contributed by atoms with Crippen LogP contribution in [0.3, 0.4) is 0 Å². The van der Waals surface area contributed by atoms with Gasteiger partial charge in [-0.3, -0.25) is 4.79 Å².